The molecular formula is O7Ti3-2. The molecule has 0 aliphatic heterocycles. The summed E-state index contributed by atoms with van der Waals surface area (Å²) in [5.41, 5.74) is 0. The SMILES string of the molecule is [O]=[Ti]([O-])[O][Ti](=[O])[O][Ti](=[O])[O-]. The molecule has 0 N–H and O–H groups in total. The van der Waals surface area contributed by atoms with E-state index in [1.54, 1.807) is 0 Å². The number of rotatable bonds is 4. The molecule has 0 atom stereocenters. The predicted octanol–water partition coefficient (Wildman–Crippen LogP) is -2.88. The molecule has 56 valence electrons. The molecule has 0 aliphatic rings. The van der Waals surface area contributed by atoms with Gasteiger partial charge in [0.2, 0.25) is 0 Å². The molecule has 0 spiro atoms. The average Bonchev–Trinajstić information content (AvgIpc) is 1.58. The summed E-state index contributed by atoms with van der Waals surface area (Å²) in [4.78, 5) is 0. The summed E-state index contributed by atoms with van der Waals surface area (Å²) in [5, 5.41) is 0. The number of hydrogen-bond acceptors (Lipinski definition) is 7. The van der Waals surface area contributed by atoms with Crippen LogP contribution >= 0.6 is 0 Å². The summed E-state index contributed by atoms with van der Waals surface area (Å²) in [6.45, 7) is 0. The molecule has 0 saturated heterocycles. The van der Waals surface area contributed by atoms with E-state index < -0.39 is 55.8 Å². The fourth-order valence-corrected chi connectivity index (χ4v) is 3.77. The Kier molecular flexibility index (Phi) is 6.79. The fraction of sp³-hybridized carbons (Fsp3) is 0. The molecule has 0 aliphatic carbocycles. The zero-order chi connectivity index (χ0) is 8.15. The second-order valence-corrected chi connectivity index (χ2v) is 6.56. The van der Waals surface area contributed by atoms with Gasteiger partial charge in [-0.1, -0.05) is 0 Å². The van der Waals surface area contributed by atoms with Crippen LogP contribution in [0.2, 0.25) is 0 Å². The maximum absolute atomic E-state index is 10.2. The van der Waals surface area contributed by atoms with Crippen molar-refractivity contribution in [2.75, 3.05) is 0 Å². The van der Waals surface area contributed by atoms with Crippen molar-refractivity contribution in [1.82, 2.24) is 0 Å². The Morgan fingerprint density at radius 2 is 1.20 bits per heavy atom. The van der Waals surface area contributed by atoms with Gasteiger partial charge in [-0.15, -0.1) is 0 Å². The topological polar surface area (TPSA) is 116 Å². The predicted molar refractivity (Wildman–Crippen MR) is 4.23 cm³/mol. The molecule has 10 heavy (non-hydrogen) atoms. The van der Waals surface area contributed by atoms with Crippen molar-refractivity contribution in [3.63, 3.8) is 0 Å². The quantitative estimate of drug-likeness (QED) is 0.495. The van der Waals surface area contributed by atoms with E-state index in [-0.39, 0.29) is 0 Å². The molecule has 0 unspecified atom stereocenters. The molecule has 7 nitrogen and oxygen atoms in total. The summed E-state index contributed by atoms with van der Waals surface area (Å²) in [5.74, 6) is 0. The van der Waals surface area contributed by atoms with E-state index in [1.807, 2.05) is 0 Å². The third-order valence-electron chi connectivity index (χ3n) is 0.333. The maximum atomic E-state index is 10.2. The molecule has 0 fully saturated rings. The van der Waals surface area contributed by atoms with Gasteiger partial charge in [0, 0.05) is 0 Å². The van der Waals surface area contributed by atoms with Crippen molar-refractivity contribution < 1.29 is 77.0 Å². The van der Waals surface area contributed by atoms with Gasteiger partial charge < -0.3 is 0 Å². The van der Waals surface area contributed by atoms with E-state index in [4.69, 9.17) is 0 Å². The standard InChI is InChI=1S/7O.3Ti/q;;;;;2*-1;;;. The Morgan fingerprint density at radius 1 is 0.900 bits per heavy atom. The van der Waals surface area contributed by atoms with Crippen molar-refractivity contribution in [3.8, 4) is 0 Å². The first-order valence-corrected chi connectivity index (χ1v) is 7.57. The third-order valence-corrected chi connectivity index (χ3v) is 5.67. The van der Waals surface area contributed by atoms with Crippen LogP contribution in [-0.4, -0.2) is 0 Å². The van der Waals surface area contributed by atoms with Crippen molar-refractivity contribution in [1.29, 1.82) is 0 Å². The average molecular weight is 256 g/mol. The Bertz CT molecular complexity index is 152. The van der Waals surface area contributed by atoms with Crippen LogP contribution in [0.25, 0.3) is 0 Å². The summed E-state index contributed by atoms with van der Waals surface area (Å²) >= 11 is -12.2. The van der Waals surface area contributed by atoms with Crippen LogP contribution in [0.1, 0.15) is 0 Å². The van der Waals surface area contributed by atoms with E-state index in [1.165, 1.54) is 0 Å². The molecule has 0 radical (unpaired) electrons. The molecule has 0 bridgehead atoms. The van der Waals surface area contributed by atoms with Crippen LogP contribution in [0.3, 0.4) is 0 Å². The second-order valence-electron chi connectivity index (χ2n) is 0.954. The van der Waals surface area contributed by atoms with Crippen molar-refractivity contribution in [3.05, 3.63) is 0 Å². The Labute approximate surface area is 76.3 Å². The first-order chi connectivity index (χ1) is 4.52. The first kappa shape index (κ1) is 11.4. The van der Waals surface area contributed by atoms with Crippen LogP contribution < -0.4 is 7.38 Å². The minimum atomic E-state index is -4.13. The molecular weight excluding hydrogens is 256 g/mol. The van der Waals surface area contributed by atoms with Crippen molar-refractivity contribution >= 4 is 0 Å². The van der Waals surface area contributed by atoms with Gasteiger partial charge in [-0.2, -0.15) is 0 Å². The first-order valence-electron chi connectivity index (χ1n) is 1.84. The molecule has 0 aromatic carbocycles. The van der Waals surface area contributed by atoms with Crippen LogP contribution in [-0.2, 0) is 69.6 Å². The van der Waals surface area contributed by atoms with Crippen LogP contribution in [0, 0.1) is 0 Å². The van der Waals surface area contributed by atoms with Crippen LogP contribution in [0.15, 0.2) is 0 Å². The van der Waals surface area contributed by atoms with Gasteiger partial charge in [0.15, 0.2) is 0 Å². The van der Waals surface area contributed by atoms with E-state index in [9.17, 15) is 17.3 Å². The molecule has 0 amide bonds. The molecule has 0 aromatic heterocycles. The third kappa shape index (κ3) is 7.49. The Hall–Kier alpha value is 1.38. The van der Waals surface area contributed by atoms with Gasteiger partial charge in [0.05, 0.1) is 0 Å². The van der Waals surface area contributed by atoms with Crippen molar-refractivity contribution in [2.24, 2.45) is 0 Å². The zero-order valence-electron chi connectivity index (χ0n) is 4.36. The molecule has 10 heteroatoms. The van der Waals surface area contributed by atoms with E-state index in [2.05, 4.69) is 3.80 Å². The van der Waals surface area contributed by atoms with Gasteiger partial charge in [-0.05, 0) is 0 Å². The van der Waals surface area contributed by atoms with Gasteiger partial charge in [-0.25, -0.2) is 0 Å². The number of hydrogen-bond donors (Lipinski definition) is 0. The van der Waals surface area contributed by atoms with Gasteiger partial charge >= 0.3 is 77.0 Å². The fourth-order valence-electron chi connectivity index (χ4n) is 0.157. The summed E-state index contributed by atoms with van der Waals surface area (Å²) in [7, 11) is 0. The van der Waals surface area contributed by atoms with E-state index >= 15 is 0 Å². The van der Waals surface area contributed by atoms with Crippen LogP contribution in [0.4, 0.5) is 0 Å². The summed E-state index contributed by atoms with van der Waals surface area (Å²) in [6.07, 6.45) is 0. The Balaban J connectivity index is 3.65. The van der Waals surface area contributed by atoms with Gasteiger partial charge in [0.1, 0.15) is 0 Å². The van der Waals surface area contributed by atoms with E-state index in [0.717, 1.165) is 0 Å². The van der Waals surface area contributed by atoms with Gasteiger partial charge in [0.25, 0.3) is 0 Å². The minimum absolute atomic E-state index is 3.65. The molecule has 0 rings (SSSR count). The molecule has 0 aromatic rings. The summed E-state index contributed by atoms with van der Waals surface area (Å²) in [6, 6.07) is 0. The van der Waals surface area contributed by atoms with Crippen molar-refractivity contribution in [2.45, 2.75) is 0 Å². The van der Waals surface area contributed by atoms with Gasteiger partial charge in [-0.3, -0.25) is 0 Å². The van der Waals surface area contributed by atoms with E-state index in [0.29, 0.717) is 0 Å². The summed E-state index contributed by atoms with van der Waals surface area (Å²) < 4.78 is 56.2. The molecule has 0 heterocycles. The zero-order valence-corrected chi connectivity index (χ0v) is 9.04. The Morgan fingerprint density at radius 3 is 1.40 bits per heavy atom. The monoisotopic (exact) mass is 256 g/mol. The second kappa shape index (κ2) is 5.96. The van der Waals surface area contributed by atoms with Crippen LogP contribution in [0.5, 0.6) is 0 Å². The molecule has 0 saturated carbocycles. The normalized spacial score (nSPS) is 9.00.